The van der Waals surface area contributed by atoms with E-state index in [-0.39, 0.29) is 24.6 Å². The van der Waals surface area contributed by atoms with Crippen LogP contribution in [-0.4, -0.2) is 28.2 Å². The minimum absolute atomic E-state index is 0.0405. The molecule has 2 aromatic rings. The normalized spacial score (nSPS) is 10.3. The minimum atomic E-state index is -1.03. The summed E-state index contributed by atoms with van der Waals surface area (Å²) in [5.41, 5.74) is 1.02. The highest BCUT2D eigenvalue weighted by molar-refractivity contribution is 5.91. The zero-order valence-electron chi connectivity index (χ0n) is 13.1. The van der Waals surface area contributed by atoms with Gasteiger partial charge in [0.2, 0.25) is 11.8 Å². The van der Waals surface area contributed by atoms with Crippen molar-refractivity contribution >= 4 is 17.5 Å². The molecule has 0 unspecified atom stereocenters. The van der Waals surface area contributed by atoms with Crippen molar-refractivity contribution in [1.29, 1.82) is 0 Å². The Bertz CT molecular complexity index is 723. The lowest BCUT2D eigenvalue weighted by Crippen LogP contribution is -2.31. The average Bonchev–Trinajstić information content (AvgIpc) is 2.55. The number of nitrogens with zero attached hydrogens (tertiary/aromatic N) is 2. The van der Waals surface area contributed by atoms with Crippen molar-refractivity contribution in [3.8, 4) is 0 Å². The predicted octanol–water partition coefficient (Wildman–Crippen LogP) is 2.74. The zero-order valence-corrected chi connectivity index (χ0v) is 13.1. The van der Waals surface area contributed by atoms with E-state index < -0.39 is 17.5 Å². The van der Waals surface area contributed by atoms with Crippen molar-refractivity contribution in [1.82, 2.24) is 9.88 Å². The first kappa shape index (κ1) is 17.5. The molecule has 1 N–H and O–H groups in total. The summed E-state index contributed by atoms with van der Waals surface area (Å²) in [7, 11) is 0. The predicted molar refractivity (Wildman–Crippen MR) is 84.9 cm³/mol. The maximum atomic E-state index is 13.1. The van der Waals surface area contributed by atoms with Gasteiger partial charge in [-0.2, -0.15) is 0 Å². The van der Waals surface area contributed by atoms with Gasteiger partial charge in [-0.1, -0.05) is 6.07 Å². The highest BCUT2D eigenvalue weighted by Crippen LogP contribution is 2.13. The van der Waals surface area contributed by atoms with E-state index in [9.17, 15) is 18.4 Å². The van der Waals surface area contributed by atoms with E-state index in [2.05, 4.69) is 10.3 Å². The van der Waals surface area contributed by atoms with Gasteiger partial charge in [0.1, 0.15) is 0 Å². The molecule has 5 nitrogen and oxygen atoms in total. The molecule has 0 spiro atoms. The number of nitrogens with one attached hydrogen (secondary N) is 1. The number of pyridine rings is 1. The Morgan fingerprint density at radius 2 is 2.00 bits per heavy atom. The first-order valence-corrected chi connectivity index (χ1v) is 7.35. The van der Waals surface area contributed by atoms with Gasteiger partial charge < -0.3 is 10.2 Å². The van der Waals surface area contributed by atoms with Crippen molar-refractivity contribution in [2.75, 3.05) is 11.9 Å². The standard InChI is InChI=1S/C17H17F2N3O2/c1-12(23)22(11-13-3-2-7-20-10-13)8-6-17(24)21-14-4-5-15(18)16(19)9-14/h2-5,7,9-10H,6,8,11H2,1H3,(H,21,24). The zero-order chi connectivity index (χ0) is 17.5. The molecule has 126 valence electrons. The average molecular weight is 333 g/mol. The Balaban J connectivity index is 1.90. The first-order valence-electron chi connectivity index (χ1n) is 7.35. The van der Waals surface area contributed by atoms with Gasteiger partial charge in [0.15, 0.2) is 11.6 Å². The summed E-state index contributed by atoms with van der Waals surface area (Å²) in [6.45, 7) is 1.98. The molecule has 1 heterocycles. The van der Waals surface area contributed by atoms with Crippen molar-refractivity contribution in [2.24, 2.45) is 0 Å². The first-order chi connectivity index (χ1) is 11.5. The molecule has 0 radical (unpaired) electrons. The fourth-order valence-corrected chi connectivity index (χ4v) is 2.09. The number of amides is 2. The van der Waals surface area contributed by atoms with Gasteiger partial charge >= 0.3 is 0 Å². The number of halogens is 2. The number of aromatic nitrogens is 1. The van der Waals surface area contributed by atoms with E-state index in [0.29, 0.717) is 6.54 Å². The largest absolute Gasteiger partial charge is 0.338 e. The van der Waals surface area contributed by atoms with E-state index in [1.165, 1.54) is 17.9 Å². The molecule has 0 aliphatic carbocycles. The van der Waals surface area contributed by atoms with Crippen LogP contribution in [0.2, 0.25) is 0 Å². The molecule has 0 atom stereocenters. The number of carbonyl (C=O) groups is 2. The molecule has 7 heteroatoms. The lowest BCUT2D eigenvalue weighted by molar-refractivity contribution is -0.129. The summed E-state index contributed by atoms with van der Waals surface area (Å²) in [6, 6.07) is 6.73. The highest BCUT2D eigenvalue weighted by atomic mass is 19.2. The number of hydrogen-bond acceptors (Lipinski definition) is 3. The molecule has 0 fully saturated rings. The Labute approximate surface area is 138 Å². The summed E-state index contributed by atoms with van der Waals surface area (Å²) in [5, 5.41) is 2.47. The summed E-state index contributed by atoms with van der Waals surface area (Å²) in [6.07, 6.45) is 3.33. The molecule has 1 aromatic carbocycles. The Morgan fingerprint density at radius 1 is 1.21 bits per heavy atom. The third-order valence-corrected chi connectivity index (χ3v) is 3.35. The fraction of sp³-hybridized carbons (Fsp3) is 0.235. The second-order valence-corrected chi connectivity index (χ2v) is 5.23. The van der Waals surface area contributed by atoms with Gasteiger partial charge in [-0.25, -0.2) is 8.78 Å². The number of benzene rings is 1. The van der Waals surface area contributed by atoms with Crippen LogP contribution in [0.25, 0.3) is 0 Å². The molecule has 0 saturated carbocycles. The molecule has 2 rings (SSSR count). The van der Waals surface area contributed by atoms with Crippen molar-refractivity contribution in [3.63, 3.8) is 0 Å². The van der Waals surface area contributed by atoms with Crippen molar-refractivity contribution in [3.05, 3.63) is 59.9 Å². The van der Waals surface area contributed by atoms with Gasteiger partial charge in [-0.3, -0.25) is 14.6 Å². The lowest BCUT2D eigenvalue weighted by atomic mass is 10.2. The van der Waals surface area contributed by atoms with E-state index in [1.807, 2.05) is 6.07 Å². The topological polar surface area (TPSA) is 62.3 Å². The molecular weight excluding hydrogens is 316 g/mol. The van der Waals surface area contributed by atoms with E-state index >= 15 is 0 Å². The highest BCUT2D eigenvalue weighted by Gasteiger charge is 2.13. The second kappa shape index (κ2) is 8.14. The van der Waals surface area contributed by atoms with Crippen LogP contribution in [0.1, 0.15) is 18.9 Å². The van der Waals surface area contributed by atoms with Crippen LogP contribution in [0, 0.1) is 11.6 Å². The molecular formula is C17H17F2N3O2. The summed E-state index contributed by atoms with van der Waals surface area (Å²) in [4.78, 5) is 29.1. The summed E-state index contributed by atoms with van der Waals surface area (Å²) < 4.78 is 26.0. The van der Waals surface area contributed by atoms with Gasteiger partial charge in [-0.05, 0) is 23.8 Å². The number of carbonyl (C=O) groups excluding carboxylic acids is 2. The Morgan fingerprint density at radius 3 is 2.62 bits per heavy atom. The molecule has 0 aliphatic rings. The van der Waals surface area contributed by atoms with E-state index in [0.717, 1.165) is 17.7 Å². The maximum absolute atomic E-state index is 13.1. The SMILES string of the molecule is CC(=O)N(CCC(=O)Nc1ccc(F)c(F)c1)Cc1cccnc1. The Kier molecular flexibility index (Phi) is 5.95. The van der Waals surface area contributed by atoms with Crippen LogP contribution < -0.4 is 5.32 Å². The minimum Gasteiger partial charge on any atom is -0.338 e. The second-order valence-electron chi connectivity index (χ2n) is 5.23. The molecule has 0 aliphatic heterocycles. The van der Waals surface area contributed by atoms with Gasteiger partial charge in [-0.15, -0.1) is 0 Å². The molecule has 1 aromatic heterocycles. The third kappa shape index (κ3) is 5.12. The van der Waals surface area contributed by atoms with Gasteiger partial charge in [0.05, 0.1) is 0 Å². The number of anilines is 1. The third-order valence-electron chi connectivity index (χ3n) is 3.35. The molecule has 2 amide bonds. The maximum Gasteiger partial charge on any atom is 0.226 e. The number of rotatable bonds is 6. The number of hydrogen-bond donors (Lipinski definition) is 1. The van der Waals surface area contributed by atoms with Crippen molar-refractivity contribution in [2.45, 2.75) is 19.9 Å². The molecule has 24 heavy (non-hydrogen) atoms. The molecule has 0 saturated heterocycles. The lowest BCUT2D eigenvalue weighted by Gasteiger charge is -2.20. The van der Waals surface area contributed by atoms with Gasteiger partial charge in [0, 0.05) is 50.6 Å². The summed E-state index contributed by atoms with van der Waals surface area (Å²) in [5.74, 6) is -2.57. The van der Waals surface area contributed by atoms with Crippen LogP contribution >= 0.6 is 0 Å². The smallest absolute Gasteiger partial charge is 0.226 e. The van der Waals surface area contributed by atoms with Crippen molar-refractivity contribution < 1.29 is 18.4 Å². The summed E-state index contributed by atoms with van der Waals surface area (Å²) >= 11 is 0. The van der Waals surface area contributed by atoms with Crippen LogP contribution in [0.4, 0.5) is 14.5 Å². The Hall–Kier alpha value is -2.83. The van der Waals surface area contributed by atoms with Crippen LogP contribution in [-0.2, 0) is 16.1 Å². The van der Waals surface area contributed by atoms with E-state index in [1.54, 1.807) is 18.5 Å². The molecule has 0 bridgehead atoms. The monoisotopic (exact) mass is 333 g/mol. The van der Waals surface area contributed by atoms with E-state index in [4.69, 9.17) is 0 Å². The van der Waals surface area contributed by atoms with Crippen LogP contribution in [0.3, 0.4) is 0 Å². The fourth-order valence-electron chi connectivity index (χ4n) is 2.09. The van der Waals surface area contributed by atoms with Crippen LogP contribution in [0.5, 0.6) is 0 Å². The quantitative estimate of drug-likeness (QED) is 0.884. The van der Waals surface area contributed by atoms with Gasteiger partial charge in [0.25, 0.3) is 0 Å². The van der Waals surface area contributed by atoms with Crippen LogP contribution in [0.15, 0.2) is 42.7 Å².